The van der Waals surface area contributed by atoms with E-state index in [2.05, 4.69) is 0 Å². The van der Waals surface area contributed by atoms with Crippen molar-refractivity contribution in [2.75, 3.05) is 18.1 Å². The second kappa shape index (κ2) is 2.92. The van der Waals surface area contributed by atoms with E-state index in [9.17, 15) is 17.2 Å². The van der Waals surface area contributed by atoms with E-state index in [1.807, 2.05) is 0 Å². The molecule has 0 bridgehead atoms. The van der Waals surface area contributed by atoms with E-state index in [-0.39, 0.29) is 13.0 Å². The molecule has 1 rings (SSSR count). The molecular formula is C6H11F2NO2S. The highest BCUT2D eigenvalue weighted by molar-refractivity contribution is 7.91. The SMILES string of the molecule is NCCC1CS(=O)(=O)CC1(F)F. The molecule has 6 heteroatoms. The van der Waals surface area contributed by atoms with E-state index in [1.54, 1.807) is 0 Å². The van der Waals surface area contributed by atoms with Crippen molar-refractivity contribution in [2.45, 2.75) is 12.3 Å². The second-order valence-corrected chi connectivity index (χ2v) is 5.20. The Labute approximate surface area is 69.9 Å². The smallest absolute Gasteiger partial charge is 0.265 e. The molecule has 0 aliphatic carbocycles. The van der Waals surface area contributed by atoms with Crippen LogP contribution in [0.5, 0.6) is 0 Å². The maximum absolute atomic E-state index is 12.9. The highest BCUT2D eigenvalue weighted by Gasteiger charge is 2.51. The minimum atomic E-state index is -3.53. The second-order valence-electron chi connectivity index (χ2n) is 3.09. The molecule has 72 valence electrons. The third-order valence-electron chi connectivity index (χ3n) is 1.98. The summed E-state index contributed by atoms with van der Waals surface area (Å²) in [5.74, 6) is -5.58. The number of hydrogen-bond acceptors (Lipinski definition) is 3. The molecule has 1 aliphatic rings. The number of hydrogen-bond donors (Lipinski definition) is 1. The standard InChI is InChI=1S/C6H11F2NO2S/c7-6(8)4-12(10,11)3-5(6)1-2-9/h5H,1-4,9H2. The lowest BCUT2D eigenvalue weighted by atomic mass is 10.0. The van der Waals surface area contributed by atoms with Crippen LogP contribution in [0.15, 0.2) is 0 Å². The Hall–Kier alpha value is -0.230. The summed E-state index contributed by atoms with van der Waals surface area (Å²) >= 11 is 0. The van der Waals surface area contributed by atoms with Crippen molar-refractivity contribution in [3.8, 4) is 0 Å². The summed E-state index contributed by atoms with van der Waals surface area (Å²) in [5.41, 5.74) is 5.09. The summed E-state index contributed by atoms with van der Waals surface area (Å²) in [6.45, 7) is 0.107. The van der Waals surface area contributed by atoms with E-state index in [0.29, 0.717) is 0 Å². The van der Waals surface area contributed by atoms with E-state index in [0.717, 1.165) is 0 Å². The largest absolute Gasteiger partial charge is 0.330 e. The first-order valence-corrected chi connectivity index (χ1v) is 5.48. The molecule has 0 amide bonds. The summed E-state index contributed by atoms with van der Waals surface area (Å²) < 4.78 is 47.3. The van der Waals surface area contributed by atoms with Gasteiger partial charge in [-0.3, -0.25) is 0 Å². The number of halogens is 2. The molecular weight excluding hydrogens is 188 g/mol. The predicted octanol–water partition coefficient (Wildman–Crippen LogP) is 0.0151. The number of rotatable bonds is 2. The van der Waals surface area contributed by atoms with Crippen LogP contribution in [0.2, 0.25) is 0 Å². The molecule has 1 atom stereocenters. The van der Waals surface area contributed by atoms with E-state index in [1.165, 1.54) is 0 Å². The van der Waals surface area contributed by atoms with Gasteiger partial charge < -0.3 is 5.73 Å². The number of alkyl halides is 2. The monoisotopic (exact) mass is 199 g/mol. The molecule has 3 nitrogen and oxygen atoms in total. The lowest BCUT2D eigenvalue weighted by Gasteiger charge is -2.15. The minimum absolute atomic E-state index is 0.0756. The number of sulfone groups is 1. The third-order valence-corrected chi connectivity index (χ3v) is 3.71. The lowest BCUT2D eigenvalue weighted by molar-refractivity contribution is -0.0202. The molecule has 0 spiro atoms. The van der Waals surface area contributed by atoms with Crippen LogP contribution in [0.3, 0.4) is 0 Å². The predicted molar refractivity (Wildman–Crippen MR) is 40.8 cm³/mol. The Kier molecular flexibility index (Phi) is 2.40. The molecule has 0 aromatic heterocycles. The average molecular weight is 199 g/mol. The molecule has 1 aliphatic heterocycles. The maximum Gasteiger partial charge on any atom is 0.265 e. The van der Waals surface area contributed by atoms with Gasteiger partial charge in [0.2, 0.25) is 0 Å². The van der Waals surface area contributed by atoms with Gasteiger partial charge in [-0.2, -0.15) is 0 Å². The van der Waals surface area contributed by atoms with Gasteiger partial charge in [0.15, 0.2) is 9.84 Å². The van der Waals surface area contributed by atoms with Crippen molar-refractivity contribution >= 4 is 9.84 Å². The summed E-state index contributed by atoms with van der Waals surface area (Å²) in [4.78, 5) is 0. The normalized spacial score (nSPS) is 32.1. The van der Waals surface area contributed by atoms with Crippen molar-refractivity contribution in [3.05, 3.63) is 0 Å². The Morgan fingerprint density at radius 3 is 2.42 bits per heavy atom. The van der Waals surface area contributed by atoms with Crippen LogP contribution < -0.4 is 5.73 Å². The molecule has 0 aromatic rings. The van der Waals surface area contributed by atoms with Crippen molar-refractivity contribution in [2.24, 2.45) is 11.7 Å². The van der Waals surface area contributed by atoms with Gasteiger partial charge in [-0.05, 0) is 13.0 Å². The molecule has 1 saturated heterocycles. The quantitative estimate of drug-likeness (QED) is 0.681. The molecule has 0 saturated carbocycles. The highest BCUT2D eigenvalue weighted by atomic mass is 32.2. The number of nitrogens with two attached hydrogens (primary N) is 1. The Morgan fingerprint density at radius 1 is 1.50 bits per heavy atom. The van der Waals surface area contributed by atoms with Gasteiger partial charge in [-0.15, -0.1) is 0 Å². The van der Waals surface area contributed by atoms with Gasteiger partial charge in [0.25, 0.3) is 5.92 Å². The van der Waals surface area contributed by atoms with Crippen LogP contribution in [0, 0.1) is 5.92 Å². The first kappa shape index (κ1) is 9.85. The summed E-state index contributed by atoms with van der Waals surface area (Å²) in [7, 11) is -3.53. The van der Waals surface area contributed by atoms with E-state index in [4.69, 9.17) is 5.73 Å². The first-order valence-electron chi connectivity index (χ1n) is 3.66. The zero-order valence-corrected chi connectivity index (χ0v) is 7.28. The minimum Gasteiger partial charge on any atom is -0.330 e. The van der Waals surface area contributed by atoms with Gasteiger partial charge in [-0.1, -0.05) is 0 Å². The van der Waals surface area contributed by atoms with Crippen LogP contribution >= 0.6 is 0 Å². The van der Waals surface area contributed by atoms with Crippen LogP contribution in [-0.4, -0.2) is 32.4 Å². The third kappa shape index (κ3) is 1.92. The van der Waals surface area contributed by atoms with Gasteiger partial charge in [0, 0.05) is 5.92 Å². The molecule has 2 N–H and O–H groups in total. The Bertz CT molecular complexity index is 263. The molecule has 1 fully saturated rings. The van der Waals surface area contributed by atoms with Crippen LogP contribution in [0.25, 0.3) is 0 Å². The fraction of sp³-hybridized carbons (Fsp3) is 1.00. The molecule has 0 radical (unpaired) electrons. The molecule has 1 heterocycles. The van der Waals surface area contributed by atoms with Gasteiger partial charge in [0.05, 0.1) is 5.75 Å². The lowest BCUT2D eigenvalue weighted by Crippen LogP contribution is -2.28. The fourth-order valence-electron chi connectivity index (χ4n) is 1.39. The molecule has 1 unspecified atom stereocenters. The zero-order valence-electron chi connectivity index (χ0n) is 6.46. The van der Waals surface area contributed by atoms with Gasteiger partial charge in [-0.25, -0.2) is 17.2 Å². The average Bonchev–Trinajstić information content (AvgIpc) is 2.01. The Balaban J connectivity index is 2.78. The maximum atomic E-state index is 12.9. The van der Waals surface area contributed by atoms with Crippen LogP contribution in [0.4, 0.5) is 8.78 Å². The van der Waals surface area contributed by atoms with Gasteiger partial charge in [0.1, 0.15) is 5.75 Å². The summed E-state index contributed by atoms with van der Waals surface area (Å²) in [5, 5.41) is 0. The van der Waals surface area contributed by atoms with Crippen molar-refractivity contribution < 1.29 is 17.2 Å². The van der Waals surface area contributed by atoms with E-state index >= 15 is 0 Å². The fourth-order valence-corrected chi connectivity index (χ4v) is 3.36. The van der Waals surface area contributed by atoms with Crippen molar-refractivity contribution in [1.82, 2.24) is 0 Å². The van der Waals surface area contributed by atoms with Crippen molar-refractivity contribution in [1.29, 1.82) is 0 Å². The van der Waals surface area contributed by atoms with Crippen molar-refractivity contribution in [3.63, 3.8) is 0 Å². The van der Waals surface area contributed by atoms with Gasteiger partial charge >= 0.3 is 0 Å². The topological polar surface area (TPSA) is 60.2 Å². The van der Waals surface area contributed by atoms with Crippen LogP contribution in [0.1, 0.15) is 6.42 Å². The molecule has 0 aromatic carbocycles. The Morgan fingerprint density at radius 2 is 2.08 bits per heavy atom. The zero-order chi connectivity index (χ0) is 9.41. The molecule has 12 heavy (non-hydrogen) atoms. The van der Waals surface area contributed by atoms with Crippen LogP contribution in [-0.2, 0) is 9.84 Å². The van der Waals surface area contributed by atoms with E-state index < -0.39 is 33.2 Å². The first-order chi connectivity index (χ1) is 5.37. The summed E-state index contributed by atoms with van der Waals surface area (Å²) in [6.07, 6.45) is 0.0756. The highest BCUT2D eigenvalue weighted by Crippen LogP contribution is 2.36. The summed E-state index contributed by atoms with van der Waals surface area (Å²) in [6, 6.07) is 0.